The van der Waals surface area contributed by atoms with Crippen molar-refractivity contribution in [1.29, 1.82) is 0 Å². The van der Waals surface area contributed by atoms with E-state index in [-0.39, 0.29) is 18.1 Å². The van der Waals surface area contributed by atoms with Gasteiger partial charge in [-0.3, -0.25) is 0 Å². The fourth-order valence-electron chi connectivity index (χ4n) is 2.84. The standard InChI is InChI=1S/C15H19N3O/c1-9(2)18-13(14(16)17-15(18)19)12-6-4-3-5-11(12)10-7-8-10/h3-6,9-10,13H,7-8H2,1-2H3,(H2,16,17,19). The Morgan fingerprint density at radius 1 is 1.26 bits per heavy atom. The van der Waals surface area contributed by atoms with Crippen molar-refractivity contribution < 1.29 is 4.79 Å². The molecule has 1 aromatic rings. The fourth-order valence-corrected chi connectivity index (χ4v) is 2.84. The lowest BCUT2D eigenvalue weighted by Crippen LogP contribution is -2.38. The normalized spacial score (nSPS) is 23.1. The zero-order valence-corrected chi connectivity index (χ0v) is 11.3. The monoisotopic (exact) mass is 257 g/mol. The molecule has 0 aromatic heterocycles. The molecule has 1 aliphatic carbocycles. The van der Waals surface area contributed by atoms with Crippen LogP contribution in [0, 0.1) is 0 Å². The van der Waals surface area contributed by atoms with Crippen LogP contribution in [0.2, 0.25) is 0 Å². The Kier molecular flexibility index (Phi) is 2.81. The van der Waals surface area contributed by atoms with Gasteiger partial charge in [0.05, 0.1) is 0 Å². The van der Waals surface area contributed by atoms with Crippen LogP contribution in [0.1, 0.15) is 49.8 Å². The van der Waals surface area contributed by atoms with Gasteiger partial charge in [-0.2, -0.15) is 4.99 Å². The van der Waals surface area contributed by atoms with E-state index in [1.807, 2.05) is 19.9 Å². The lowest BCUT2D eigenvalue weighted by Gasteiger charge is -2.29. The Balaban J connectivity index is 2.05. The van der Waals surface area contributed by atoms with Gasteiger partial charge in [0.2, 0.25) is 0 Å². The maximum Gasteiger partial charge on any atom is 0.346 e. The molecule has 0 bridgehead atoms. The van der Waals surface area contributed by atoms with Gasteiger partial charge >= 0.3 is 6.03 Å². The largest absolute Gasteiger partial charge is 0.385 e. The van der Waals surface area contributed by atoms with Crippen molar-refractivity contribution in [2.24, 2.45) is 10.7 Å². The molecule has 1 unspecified atom stereocenters. The molecule has 4 heteroatoms. The first-order chi connectivity index (χ1) is 9.09. The highest BCUT2D eigenvalue weighted by atomic mass is 16.2. The molecule has 1 heterocycles. The number of nitrogens with zero attached hydrogens (tertiary/aromatic N) is 2. The number of rotatable bonds is 3. The first-order valence-electron chi connectivity index (χ1n) is 6.84. The molecule has 2 N–H and O–H groups in total. The van der Waals surface area contributed by atoms with Crippen LogP contribution in [-0.4, -0.2) is 22.8 Å². The second-order valence-corrected chi connectivity index (χ2v) is 5.63. The highest BCUT2D eigenvalue weighted by molar-refractivity contribution is 6.03. The Labute approximate surface area is 113 Å². The average Bonchev–Trinajstić information content (AvgIpc) is 3.15. The summed E-state index contributed by atoms with van der Waals surface area (Å²) in [5.74, 6) is 1.06. The second kappa shape index (κ2) is 4.37. The van der Waals surface area contributed by atoms with Crippen LogP contribution in [0.4, 0.5) is 4.79 Å². The summed E-state index contributed by atoms with van der Waals surface area (Å²) in [6.45, 7) is 4.00. The fraction of sp³-hybridized carbons (Fsp3) is 0.467. The maximum atomic E-state index is 12.0. The molecule has 0 spiro atoms. The smallest absolute Gasteiger partial charge is 0.346 e. The molecule has 2 amide bonds. The molecule has 1 atom stereocenters. The van der Waals surface area contributed by atoms with Gasteiger partial charge in [0.15, 0.2) is 0 Å². The third kappa shape index (κ3) is 2.01. The second-order valence-electron chi connectivity index (χ2n) is 5.63. The van der Waals surface area contributed by atoms with Crippen molar-refractivity contribution in [2.45, 2.75) is 44.7 Å². The summed E-state index contributed by atoms with van der Waals surface area (Å²) < 4.78 is 0. The highest BCUT2D eigenvalue weighted by Gasteiger charge is 2.39. The molecule has 1 aliphatic heterocycles. The number of carbonyl (C=O) groups excluding carboxylic acids is 1. The summed E-state index contributed by atoms with van der Waals surface area (Å²) in [6.07, 6.45) is 2.47. The zero-order chi connectivity index (χ0) is 13.6. The minimum absolute atomic E-state index is 0.0922. The molecular formula is C15H19N3O. The van der Waals surface area contributed by atoms with E-state index in [1.165, 1.54) is 18.4 Å². The average molecular weight is 257 g/mol. The molecule has 2 aliphatic rings. The quantitative estimate of drug-likeness (QED) is 0.905. The van der Waals surface area contributed by atoms with E-state index in [1.54, 1.807) is 4.90 Å². The van der Waals surface area contributed by atoms with Crippen molar-refractivity contribution >= 4 is 11.9 Å². The molecule has 3 rings (SSSR count). The minimum Gasteiger partial charge on any atom is -0.385 e. The lowest BCUT2D eigenvalue weighted by molar-refractivity contribution is 0.190. The van der Waals surface area contributed by atoms with E-state index in [2.05, 4.69) is 23.2 Å². The number of hydrogen-bond donors (Lipinski definition) is 1. The Morgan fingerprint density at radius 2 is 1.89 bits per heavy atom. The molecule has 1 aromatic carbocycles. The number of urea groups is 1. The van der Waals surface area contributed by atoms with Crippen LogP contribution in [0.3, 0.4) is 0 Å². The van der Waals surface area contributed by atoms with Gasteiger partial charge in [0, 0.05) is 6.04 Å². The summed E-state index contributed by atoms with van der Waals surface area (Å²) in [7, 11) is 0. The SMILES string of the molecule is CC(C)N1C(=O)N=C(N)C1c1ccccc1C1CC1. The van der Waals surface area contributed by atoms with E-state index in [0.29, 0.717) is 11.8 Å². The van der Waals surface area contributed by atoms with Crippen LogP contribution in [0.5, 0.6) is 0 Å². The number of carbonyl (C=O) groups is 1. The summed E-state index contributed by atoms with van der Waals surface area (Å²) in [5.41, 5.74) is 8.48. The van der Waals surface area contributed by atoms with Gasteiger partial charge in [-0.15, -0.1) is 0 Å². The van der Waals surface area contributed by atoms with E-state index < -0.39 is 0 Å². The number of amides is 2. The predicted octanol–water partition coefficient (Wildman–Crippen LogP) is 2.81. The zero-order valence-electron chi connectivity index (χ0n) is 11.3. The summed E-state index contributed by atoms with van der Waals surface area (Å²) in [4.78, 5) is 17.7. The molecule has 4 nitrogen and oxygen atoms in total. The number of nitrogens with two attached hydrogens (primary N) is 1. The molecule has 1 fully saturated rings. The van der Waals surface area contributed by atoms with Gasteiger partial charge in [-0.25, -0.2) is 4.79 Å². The van der Waals surface area contributed by atoms with Crippen molar-refractivity contribution in [3.05, 3.63) is 35.4 Å². The Morgan fingerprint density at radius 3 is 2.47 bits per heavy atom. The van der Waals surface area contributed by atoms with Crippen LogP contribution >= 0.6 is 0 Å². The van der Waals surface area contributed by atoms with Crippen molar-refractivity contribution in [3.8, 4) is 0 Å². The van der Waals surface area contributed by atoms with Crippen molar-refractivity contribution in [2.75, 3.05) is 0 Å². The van der Waals surface area contributed by atoms with Crippen LogP contribution < -0.4 is 5.73 Å². The van der Waals surface area contributed by atoms with E-state index >= 15 is 0 Å². The summed E-state index contributed by atoms with van der Waals surface area (Å²) in [6, 6.07) is 7.98. The number of aliphatic imine (C=N–C) groups is 1. The van der Waals surface area contributed by atoms with E-state index in [0.717, 1.165) is 5.56 Å². The van der Waals surface area contributed by atoms with Crippen LogP contribution in [0.25, 0.3) is 0 Å². The molecule has 1 saturated carbocycles. The molecule has 0 saturated heterocycles. The highest BCUT2D eigenvalue weighted by Crippen LogP contribution is 2.44. The van der Waals surface area contributed by atoms with Gasteiger partial charge in [-0.1, -0.05) is 24.3 Å². The Bertz CT molecular complexity index is 546. The molecule has 19 heavy (non-hydrogen) atoms. The Hall–Kier alpha value is -1.84. The van der Waals surface area contributed by atoms with Gasteiger partial charge in [0.1, 0.15) is 11.9 Å². The third-order valence-electron chi connectivity index (χ3n) is 3.87. The number of amidine groups is 1. The molecule has 100 valence electrons. The number of hydrogen-bond acceptors (Lipinski definition) is 2. The first kappa shape index (κ1) is 12.2. The van der Waals surface area contributed by atoms with Crippen LogP contribution in [0.15, 0.2) is 29.3 Å². The maximum absolute atomic E-state index is 12.0. The van der Waals surface area contributed by atoms with Gasteiger partial charge in [0.25, 0.3) is 0 Å². The minimum atomic E-state index is -0.219. The van der Waals surface area contributed by atoms with Gasteiger partial charge in [-0.05, 0) is 43.7 Å². The summed E-state index contributed by atoms with van der Waals surface area (Å²) in [5, 5.41) is 0. The number of benzene rings is 1. The van der Waals surface area contributed by atoms with E-state index in [4.69, 9.17) is 5.73 Å². The lowest BCUT2D eigenvalue weighted by atomic mass is 9.95. The van der Waals surface area contributed by atoms with Crippen molar-refractivity contribution in [3.63, 3.8) is 0 Å². The summed E-state index contributed by atoms with van der Waals surface area (Å²) >= 11 is 0. The first-order valence-corrected chi connectivity index (χ1v) is 6.84. The van der Waals surface area contributed by atoms with Gasteiger partial charge < -0.3 is 10.6 Å². The predicted molar refractivity (Wildman–Crippen MR) is 75.2 cm³/mol. The third-order valence-corrected chi connectivity index (χ3v) is 3.87. The molecular weight excluding hydrogens is 238 g/mol. The van der Waals surface area contributed by atoms with E-state index in [9.17, 15) is 4.79 Å². The van der Waals surface area contributed by atoms with Crippen molar-refractivity contribution in [1.82, 2.24) is 4.90 Å². The topological polar surface area (TPSA) is 58.7 Å². The molecule has 0 radical (unpaired) electrons. The van der Waals surface area contributed by atoms with Crippen LogP contribution in [-0.2, 0) is 0 Å².